The van der Waals surface area contributed by atoms with E-state index in [9.17, 15) is 0 Å². The monoisotopic (exact) mass is 166 g/mol. The first kappa shape index (κ1) is 8.34. The van der Waals surface area contributed by atoms with Gasteiger partial charge in [0.15, 0.2) is 0 Å². The van der Waals surface area contributed by atoms with Crippen LogP contribution >= 0.6 is 12.6 Å². The molecule has 2 heteroatoms. The summed E-state index contributed by atoms with van der Waals surface area (Å²) in [7, 11) is 2.01. The van der Waals surface area contributed by atoms with Crippen LogP contribution in [-0.4, -0.2) is 17.8 Å². The zero-order valence-corrected chi connectivity index (χ0v) is 7.68. The third kappa shape index (κ3) is 1.84. The van der Waals surface area contributed by atoms with Crippen molar-refractivity contribution in [2.24, 2.45) is 0 Å². The van der Waals surface area contributed by atoms with E-state index in [1.807, 2.05) is 49.0 Å². The summed E-state index contributed by atoms with van der Waals surface area (Å²) >= 11 is 4.33. The molecule has 0 spiro atoms. The minimum Gasteiger partial charge on any atom is -0.205 e. The molecule has 0 aliphatic carbocycles. The Labute approximate surface area is 72.8 Å². The second-order valence-electron chi connectivity index (χ2n) is 2.36. The number of hydrogen-bond donors (Lipinski definition) is 1. The molecule has 0 saturated carbocycles. The van der Waals surface area contributed by atoms with Gasteiger partial charge in [0.2, 0.25) is 5.69 Å². The standard InChI is InChI=1S/C9H11NS/c1-3-10(2)8-6-4-5-7-9(8)11/h3-7H,1-2H3/p+1. The van der Waals surface area contributed by atoms with Gasteiger partial charge in [-0.1, -0.05) is 12.1 Å². The molecule has 0 amide bonds. The summed E-state index contributed by atoms with van der Waals surface area (Å²) in [5.74, 6) is 0. The van der Waals surface area contributed by atoms with Crippen molar-refractivity contribution >= 4 is 24.5 Å². The zero-order valence-electron chi connectivity index (χ0n) is 6.78. The van der Waals surface area contributed by atoms with E-state index in [-0.39, 0.29) is 0 Å². The van der Waals surface area contributed by atoms with Crippen molar-refractivity contribution in [1.29, 1.82) is 0 Å². The predicted molar refractivity (Wildman–Crippen MR) is 51.3 cm³/mol. The van der Waals surface area contributed by atoms with Crippen LogP contribution in [0.5, 0.6) is 0 Å². The van der Waals surface area contributed by atoms with E-state index in [0.717, 1.165) is 10.6 Å². The van der Waals surface area contributed by atoms with Gasteiger partial charge < -0.3 is 0 Å². The summed E-state index contributed by atoms with van der Waals surface area (Å²) in [5.41, 5.74) is 1.14. The lowest BCUT2D eigenvalue weighted by Crippen LogP contribution is -1.97. The Morgan fingerprint density at radius 1 is 1.36 bits per heavy atom. The lowest BCUT2D eigenvalue weighted by atomic mass is 10.3. The van der Waals surface area contributed by atoms with Crippen molar-refractivity contribution in [1.82, 2.24) is 0 Å². The van der Waals surface area contributed by atoms with Crippen molar-refractivity contribution in [3.05, 3.63) is 24.3 Å². The lowest BCUT2D eigenvalue weighted by molar-refractivity contribution is -0.402. The molecule has 0 heterocycles. The maximum Gasteiger partial charge on any atom is 0.218 e. The van der Waals surface area contributed by atoms with Gasteiger partial charge in [-0.05, 0) is 6.07 Å². The molecular formula is C9H12NS+. The molecule has 0 saturated heterocycles. The molecule has 0 bridgehead atoms. The van der Waals surface area contributed by atoms with Crippen molar-refractivity contribution in [2.75, 3.05) is 7.05 Å². The maximum absolute atomic E-state index is 4.33. The second-order valence-corrected chi connectivity index (χ2v) is 2.84. The summed E-state index contributed by atoms with van der Waals surface area (Å²) < 4.78 is 2.04. The van der Waals surface area contributed by atoms with E-state index in [0.29, 0.717) is 0 Å². The van der Waals surface area contributed by atoms with E-state index in [1.165, 1.54) is 0 Å². The largest absolute Gasteiger partial charge is 0.218 e. The molecule has 1 nitrogen and oxygen atoms in total. The summed E-state index contributed by atoms with van der Waals surface area (Å²) in [6.45, 7) is 2.00. The summed E-state index contributed by atoms with van der Waals surface area (Å²) in [5, 5.41) is 0. The van der Waals surface area contributed by atoms with E-state index >= 15 is 0 Å². The lowest BCUT2D eigenvalue weighted by Gasteiger charge is -1.97. The van der Waals surface area contributed by atoms with Crippen molar-refractivity contribution in [3.8, 4) is 0 Å². The molecule has 0 fully saturated rings. The molecule has 0 atom stereocenters. The van der Waals surface area contributed by atoms with Crippen LogP contribution in [0.3, 0.4) is 0 Å². The van der Waals surface area contributed by atoms with Crippen LogP contribution in [0.15, 0.2) is 29.2 Å². The molecule has 0 aliphatic rings. The van der Waals surface area contributed by atoms with Crippen LogP contribution in [0.2, 0.25) is 0 Å². The topological polar surface area (TPSA) is 3.01 Å². The Hall–Kier alpha value is -0.760. The maximum atomic E-state index is 4.33. The highest BCUT2D eigenvalue weighted by atomic mass is 32.1. The first-order valence-electron chi connectivity index (χ1n) is 3.56. The van der Waals surface area contributed by atoms with Gasteiger partial charge in [0, 0.05) is 13.0 Å². The van der Waals surface area contributed by atoms with E-state index in [1.54, 1.807) is 0 Å². The second kappa shape index (κ2) is 3.58. The molecule has 11 heavy (non-hydrogen) atoms. The molecule has 0 radical (unpaired) electrons. The van der Waals surface area contributed by atoms with Gasteiger partial charge in [0.25, 0.3) is 0 Å². The van der Waals surface area contributed by atoms with E-state index in [4.69, 9.17) is 0 Å². The smallest absolute Gasteiger partial charge is 0.205 e. The van der Waals surface area contributed by atoms with E-state index in [2.05, 4.69) is 12.6 Å². The highest BCUT2D eigenvalue weighted by Gasteiger charge is 2.04. The quantitative estimate of drug-likeness (QED) is 0.370. The van der Waals surface area contributed by atoms with Crippen LogP contribution in [0.4, 0.5) is 5.69 Å². The minimum absolute atomic E-state index is 1.01. The first-order valence-corrected chi connectivity index (χ1v) is 4.00. The Kier molecular flexibility index (Phi) is 2.71. The van der Waals surface area contributed by atoms with Crippen molar-refractivity contribution in [3.63, 3.8) is 0 Å². The number of thiol groups is 1. The van der Waals surface area contributed by atoms with Crippen LogP contribution in [0.25, 0.3) is 0 Å². The fourth-order valence-corrected chi connectivity index (χ4v) is 1.22. The van der Waals surface area contributed by atoms with Crippen LogP contribution in [-0.2, 0) is 0 Å². The zero-order chi connectivity index (χ0) is 8.27. The highest BCUT2D eigenvalue weighted by Crippen LogP contribution is 2.19. The van der Waals surface area contributed by atoms with Crippen molar-refractivity contribution < 1.29 is 4.58 Å². The molecule has 0 aliphatic heterocycles. The molecule has 1 aromatic carbocycles. The van der Waals surface area contributed by atoms with Gasteiger partial charge in [0.1, 0.15) is 13.3 Å². The van der Waals surface area contributed by atoms with Crippen LogP contribution in [0.1, 0.15) is 6.92 Å². The molecular weight excluding hydrogens is 154 g/mol. The summed E-state index contributed by atoms with van der Waals surface area (Å²) in [6, 6.07) is 8.02. The fraction of sp³-hybridized carbons (Fsp3) is 0.222. The molecule has 0 N–H and O–H groups in total. The number of hydrogen-bond acceptors (Lipinski definition) is 1. The highest BCUT2D eigenvalue weighted by molar-refractivity contribution is 7.80. The van der Waals surface area contributed by atoms with Crippen molar-refractivity contribution in [2.45, 2.75) is 11.8 Å². The molecule has 0 aromatic heterocycles. The Morgan fingerprint density at radius 2 is 2.00 bits per heavy atom. The van der Waals surface area contributed by atoms with Gasteiger partial charge in [-0.15, -0.1) is 12.6 Å². The van der Waals surface area contributed by atoms with Crippen LogP contribution < -0.4 is 0 Å². The van der Waals surface area contributed by atoms with Gasteiger partial charge >= 0.3 is 0 Å². The number of para-hydroxylation sites is 1. The average Bonchev–Trinajstić information content (AvgIpc) is 2.04. The number of nitrogens with zero attached hydrogens (tertiary/aromatic N) is 1. The van der Waals surface area contributed by atoms with Gasteiger partial charge in [-0.25, -0.2) is 4.58 Å². The molecule has 58 valence electrons. The minimum atomic E-state index is 1.01. The third-order valence-electron chi connectivity index (χ3n) is 1.65. The Balaban J connectivity index is 3.14. The molecule has 0 unspecified atom stereocenters. The normalized spacial score (nSPS) is 11.7. The fourth-order valence-electron chi connectivity index (χ4n) is 0.902. The number of rotatable bonds is 1. The molecule has 1 aromatic rings. The van der Waals surface area contributed by atoms with Gasteiger partial charge in [0.05, 0.1) is 4.90 Å². The predicted octanol–water partition coefficient (Wildman–Crippen LogP) is 2.34. The summed E-state index contributed by atoms with van der Waals surface area (Å²) in [6.07, 6.45) is 2.01. The SMILES string of the molecule is CC=[N+](C)c1ccccc1S. The van der Waals surface area contributed by atoms with Gasteiger partial charge in [-0.3, -0.25) is 0 Å². The first-order chi connectivity index (χ1) is 5.25. The Morgan fingerprint density at radius 3 is 2.55 bits per heavy atom. The van der Waals surface area contributed by atoms with E-state index < -0.39 is 0 Å². The summed E-state index contributed by atoms with van der Waals surface area (Å²) in [4.78, 5) is 1.01. The van der Waals surface area contributed by atoms with Crippen LogP contribution in [0, 0.1) is 0 Å². The Bertz CT molecular complexity index is 279. The number of benzene rings is 1. The van der Waals surface area contributed by atoms with Gasteiger partial charge in [-0.2, -0.15) is 0 Å². The molecule has 1 rings (SSSR count). The average molecular weight is 166 g/mol. The third-order valence-corrected chi connectivity index (χ3v) is 2.03.